The van der Waals surface area contributed by atoms with E-state index in [1.807, 2.05) is 20.8 Å². The van der Waals surface area contributed by atoms with Gasteiger partial charge in [0.05, 0.1) is 9.21 Å². The predicted octanol–water partition coefficient (Wildman–Crippen LogP) is 2.93. The van der Waals surface area contributed by atoms with E-state index < -0.39 is 0 Å². The highest BCUT2D eigenvalue weighted by molar-refractivity contribution is 7.17. The molecular weight excluding hydrogens is 258 g/mol. The summed E-state index contributed by atoms with van der Waals surface area (Å²) in [7, 11) is 0. The number of aliphatic hydroxyl groups is 1. The van der Waals surface area contributed by atoms with Crippen LogP contribution in [-0.2, 0) is 0 Å². The second-order valence-corrected chi connectivity index (χ2v) is 6.72. The fraction of sp³-hybridized carbons (Fsp3) is 0.583. The maximum atomic E-state index is 11.9. The average Bonchev–Trinajstić information content (AvgIpc) is 2.62. The highest BCUT2D eigenvalue weighted by Gasteiger charge is 2.26. The third-order valence-electron chi connectivity index (χ3n) is 2.57. The lowest BCUT2D eigenvalue weighted by Crippen LogP contribution is -2.44. The summed E-state index contributed by atoms with van der Waals surface area (Å²) in [6.07, 6.45) is 0.550. The molecule has 1 heterocycles. The number of halogens is 1. The van der Waals surface area contributed by atoms with Crippen molar-refractivity contribution in [3.05, 3.63) is 21.3 Å². The Morgan fingerprint density at radius 3 is 2.59 bits per heavy atom. The van der Waals surface area contributed by atoms with Gasteiger partial charge in [-0.2, -0.15) is 0 Å². The molecule has 5 heteroatoms. The maximum Gasteiger partial charge on any atom is 0.261 e. The van der Waals surface area contributed by atoms with E-state index in [1.54, 1.807) is 12.1 Å². The third kappa shape index (κ3) is 4.30. The van der Waals surface area contributed by atoms with Crippen molar-refractivity contribution in [1.82, 2.24) is 5.32 Å². The Labute approximate surface area is 111 Å². The molecular formula is C12H18ClNO2S. The number of hydrogen-bond donors (Lipinski definition) is 2. The van der Waals surface area contributed by atoms with E-state index in [0.29, 0.717) is 15.6 Å². The molecule has 96 valence electrons. The first-order chi connectivity index (χ1) is 7.84. The van der Waals surface area contributed by atoms with Gasteiger partial charge in [-0.15, -0.1) is 11.3 Å². The normalized spacial score (nSPS) is 13.5. The molecule has 0 fully saturated rings. The van der Waals surface area contributed by atoms with Gasteiger partial charge in [0.15, 0.2) is 0 Å². The van der Waals surface area contributed by atoms with E-state index in [9.17, 15) is 4.79 Å². The van der Waals surface area contributed by atoms with E-state index in [4.69, 9.17) is 16.7 Å². The first kappa shape index (κ1) is 14.5. The van der Waals surface area contributed by atoms with Crippen LogP contribution in [0.1, 0.15) is 36.9 Å². The van der Waals surface area contributed by atoms with Crippen LogP contribution in [0, 0.1) is 5.41 Å². The number of rotatable bonds is 4. The molecule has 0 radical (unpaired) electrons. The van der Waals surface area contributed by atoms with Crippen molar-refractivity contribution < 1.29 is 9.90 Å². The van der Waals surface area contributed by atoms with Crippen LogP contribution >= 0.6 is 22.9 Å². The van der Waals surface area contributed by atoms with Crippen LogP contribution in [-0.4, -0.2) is 23.7 Å². The molecule has 0 aliphatic carbocycles. The first-order valence-corrected chi connectivity index (χ1v) is 6.71. The van der Waals surface area contributed by atoms with Crippen molar-refractivity contribution in [2.75, 3.05) is 6.61 Å². The molecule has 0 aliphatic rings. The van der Waals surface area contributed by atoms with Crippen molar-refractivity contribution in [3.8, 4) is 0 Å². The number of amides is 1. The minimum Gasteiger partial charge on any atom is -0.396 e. The van der Waals surface area contributed by atoms with Crippen LogP contribution < -0.4 is 5.32 Å². The molecule has 1 atom stereocenters. The second-order valence-electron chi connectivity index (χ2n) is 5.01. The van der Waals surface area contributed by atoms with Gasteiger partial charge in [0, 0.05) is 12.6 Å². The van der Waals surface area contributed by atoms with Crippen molar-refractivity contribution >= 4 is 28.8 Å². The van der Waals surface area contributed by atoms with Gasteiger partial charge in [-0.3, -0.25) is 4.79 Å². The number of carbonyl (C=O) groups is 1. The number of aliphatic hydroxyl groups excluding tert-OH is 1. The Bertz CT molecular complexity index is 384. The minimum atomic E-state index is -0.129. The molecule has 2 N–H and O–H groups in total. The van der Waals surface area contributed by atoms with E-state index >= 15 is 0 Å². The van der Waals surface area contributed by atoms with E-state index in [0.717, 1.165) is 0 Å². The van der Waals surface area contributed by atoms with E-state index in [1.165, 1.54) is 11.3 Å². The summed E-state index contributed by atoms with van der Waals surface area (Å²) in [4.78, 5) is 12.5. The SMILES string of the molecule is CC(C)(C)C(CCO)NC(=O)c1ccc(Cl)s1. The van der Waals surface area contributed by atoms with Crippen LogP contribution in [0.4, 0.5) is 0 Å². The van der Waals surface area contributed by atoms with Crippen LogP contribution in [0.5, 0.6) is 0 Å². The molecule has 1 aromatic heterocycles. The summed E-state index contributed by atoms with van der Waals surface area (Å²) in [5.74, 6) is -0.129. The second kappa shape index (κ2) is 5.85. The van der Waals surface area contributed by atoms with Crippen LogP contribution in [0.3, 0.4) is 0 Å². The molecule has 3 nitrogen and oxygen atoms in total. The summed E-state index contributed by atoms with van der Waals surface area (Å²) < 4.78 is 0.601. The van der Waals surface area contributed by atoms with Gasteiger partial charge in [0.2, 0.25) is 0 Å². The maximum absolute atomic E-state index is 11.9. The Balaban J connectivity index is 2.71. The smallest absolute Gasteiger partial charge is 0.261 e. The number of carbonyl (C=O) groups excluding carboxylic acids is 1. The predicted molar refractivity (Wildman–Crippen MR) is 71.7 cm³/mol. The fourth-order valence-corrected chi connectivity index (χ4v) is 2.46. The van der Waals surface area contributed by atoms with Gasteiger partial charge in [-0.25, -0.2) is 0 Å². The van der Waals surface area contributed by atoms with Crippen LogP contribution in [0.2, 0.25) is 4.34 Å². The Morgan fingerprint density at radius 1 is 1.53 bits per heavy atom. The molecule has 0 aliphatic heterocycles. The van der Waals surface area contributed by atoms with Crippen molar-refractivity contribution in [3.63, 3.8) is 0 Å². The number of hydrogen-bond acceptors (Lipinski definition) is 3. The van der Waals surface area contributed by atoms with Gasteiger partial charge < -0.3 is 10.4 Å². The fourth-order valence-electron chi connectivity index (χ4n) is 1.52. The number of thiophene rings is 1. The van der Waals surface area contributed by atoms with Gasteiger partial charge in [-0.1, -0.05) is 32.4 Å². The zero-order valence-electron chi connectivity index (χ0n) is 10.3. The quantitative estimate of drug-likeness (QED) is 0.888. The molecule has 0 saturated carbocycles. The Morgan fingerprint density at radius 2 is 2.18 bits per heavy atom. The highest BCUT2D eigenvalue weighted by atomic mass is 35.5. The average molecular weight is 276 g/mol. The highest BCUT2D eigenvalue weighted by Crippen LogP contribution is 2.24. The molecule has 1 amide bonds. The summed E-state index contributed by atoms with van der Waals surface area (Å²) in [5, 5.41) is 12.0. The van der Waals surface area contributed by atoms with Gasteiger partial charge >= 0.3 is 0 Å². The monoisotopic (exact) mass is 275 g/mol. The zero-order valence-corrected chi connectivity index (χ0v) is 11.9. The molecule has 17 heavy (non-hydrogen) atoms. The van der Waals surface area contributed by atoms with Crippen LogP contribution in [0.25, 0.3) is 0 Å². The topological polar surface area (TPSA) is 49.3 Å². The Kier molecular flexibility index (Phi) is 4.98. The molecule has 1 unspecified atom stereocenters. The summed E-state index contributed by atoms with van der Waals surface area (Å²) in [5.41, 5.74) is -0.0839. The van der Waals surface area contributed by atoms with E-state index in [2.05, 4.69) is 5.32 Å². The largest absolute Gasteiger partial charge is 0.396 e. The summed E-state index contributed by atoms with van der Waals surface area (Å²) >= 11 is 7.05. The van der Waals surface area contributed by atoms with E-state index in [-0.39, 0.29) is 24.0 Å². The molecule has 1 aromatic rings. The van der Waals surface area contributed by atoms with Crippen molar-refractivity contribution in [2.24, 2.45) is 5.41 Å². The molecule has 0 saturated heterocycles. The molecule has 0 spiro atoms. The van der Waals surface area contributed by atoms with Crippen molar-refractivity contribution in [1.29, 1.82) is 0 Å². The summed E-state index contributed by atoms with van der Waals surface area (Å²) in [6.45, 7) is 6.17. The standard InChI is InChI=1S/C12H18ClNO2S/c1-12(2,3)9(6-7-15)14-11(16)8-4-5-10(13)17-8/h4-5,9,15H,6-7H2,1-3H3,(H,14,16). The van der Waals surface area contributed by atoms with Gasteiger partial charge in [0.25, 0.3) is 5.91 Å². The first-order valence-electron chi connectivity index (χ1n) is 5.51. The van der Waals surface area contributed by atoms with Gasteiger partial charge in [-0.05, 0) is 24.0 Å². The zero-order chi connectivity index (χ0) is 13.1. The Hall–Kier alpha value is -0.580. The van der Waals surface area contributed by atoms with Gasteiger partial charge in [0.1, 0.15) is 0 Å². The van der Waals surface area contributed by atoms with Crippen molar-refractivity contribution in [2.45, 2.75) is 33.2 Å². The lowest BCUT2D eigenvalue weighted by atomic mass is 9.85. The lowest BCUT2D eigenvalue weighted by Gasteiger charge is -2.30. The lowest BCUT2D eigenvalue weighted by molar-refractivity contribution is 0.0889. The van der Waals surface area contributed by atoms with Crippen LogP contribution in [0.15, 0.2) is 12.1 Å². The number of nitrogens with one attached hydrogen (secondary N) is 1. The molecule has 0 aromatic carbocycles. The molecule has 1 rings (SSSR count). The minimum absolute atomic E-state index is 0.0547. The third-order valence-corrected chi connectivity index (χ3v) is 3.80. The summed E-state index contributed by atoms with van der Waals surface area (Å²) in [6, 6.07) is 3.36. The molecule has 0 bridgehead atoms.